The number of nitrogens with zero attached hydrogens (tertiary/aromatic N) is 2. The van der Waals surface area contributed by atoms with E-state index in [9.17, 15) is 0 Å². The van der Waals surface area contributed by atoms with Gasteiger partial charge in [-0.3, -0.25) is 9.98 Å². The zero-order valence-corrected chi connectivity index (χ0v) is 15.6. The normalized spacial score (nSPS) is 17.0. The number of rotatable bonds is 13. The maximum Gasteiger partial charge on any atom is 0.0963 e. The lowest BCUT2D eigenvalue weighted by Gasteiger charge is -2.06. The van der Waals surface area contributed by atoms with E-state index in [1.807, 2.05) is 0 Å². The molecule has 0 fully saturated rings. The Morgan fingerprint density at radius 3 is 1.25 bits per heavy atom. The maximum absolute atomic E-state index is 4.45. The van der Waals surface area contributed by atoms with Crippen LogP contribution in [-0.2, 0) is 0 Å². The van der Waals surface area contributed by atoms with Crippen LogP contribution in [0.25, 0.3) is 0 Å². The van der Waals surface area contributed by atoms with Crippen molar-refractivity contribution in [2.45, 2.75) is 89.9 Å². The average Bonchev–Trinajstić information content (AvgIpc) is 3.28. The summed E-state index contributed by atoms with van der Waals surface area (Å²) in [6.45, 7) is 4.32. The van der Waals surface area contributed by atoms with Gasteiger partial charge in [-0.2, -0.15) is 0 Å². The highest BCUT2D eigenvalue weighted by atomic mass is 15.0. The molecular formula is C20H38N4. The number of hydrogen-bond acceptors (Lipinski definition) is 4. The summed E-state index contributed by atoms with van der Waals surface area (Å²) in [7, 11) is 0. The van der Waals surface area contributed by atoms with Gasteiger partial charge in [0.15, 0.2) is 0 Å². The number of aliphatic imine (C=N–C) groups is 2. The zero-order chi connectivity index (χ0) is 16.7. The van der Waals surface area contributed by atoms with Gasteiger partial charge in [0.2, 0.25) is 0 Å². The molecule has 0 radical (unpaired) electrons. The fraction of sp³-hybridized carbons (Fsp3) is 0.900. The highest BCUT2D eigenvalue weighted by molar-refractivity contribution is 5.83. The first-order valence-electron chi connectivity index (χ1n) is 10.5. The van der Waals surface area contributed by atoms with E-state index in [0.717, 1.165) is 26.2 Å². The third-order valence-electron chi connectivity index (χ3n) is 5.01. The Bertz CT molecular complexity index is 340. The summed E-state index contributed by atoms with van der Waals surface area (Å²) in [4.78, 5) is 8.89. The van der Waals surface area contributed by atoms with Crippen LogP contribution in [0.5, 0.6) is 0 Å². The highest BCUT2D eigenvalue weighted by Gasteiger charge is 2.04. The van der Waals surface area contributed by atoms with E-state index >= 15 is 0 Å². The summed E-state index contributed by atoms with van der Waals surface area (Å²) >= 11 is 0. The molecule has 2 rings (SSSR count). The minimum atomic E-state index is 1.04. The smallest absolute Gasteiger partial charge is 0.0963 e. The Labute approximate surface area is 149 Å². The van der Waals surface area contributed by atoms with Crippen LogP contribution < -0.4 is 10.6 Å². The minimum absolute atomic E-state index is 1.04. The van der Waals surface area contributed by atoms with E-state index in [1.165, 1.54) is 102 Å². The molecule has 138 valence electrons. The third-order valence-corrected chi connectivity index (χ3v) is 5.01. The molecule has 24 heavy (non-hydrogen) atoms. The van der Waals surface area contributed by atoms with Crippen molar-refractivity contribution in [1.29, 1.82) is 0 Å². The average molecular weight is 335 g/mol. The van der Waals surface area contributed by atoms with Gasteiger partial charge in [0.25, 0.3) is 0 Å². The van der Waals surface area contributed by atoms with Crippen LogP contribution in [0.15, 0.2) is 9.98 Å². The molecule has 0 aromatic carbocycles. The molecule has 0 atom stereocenters. The van der Waals surface area contributed by atoms with E-state index in [4.69, 9.17) is 0 Å². The lowest BCUT2D eigenvalue weighted by atomic mass is 10.1. The van der Waals surface area contributed by atoms with Gasteiger partial charge in [0, 0.05) is 39.0 Å². The molecule has 0 spiro atoms. The standard InChI is InChI=1S/C20H38N4/c1(3-5-7-9-15-21-19-13-11-17-23-19)2-4-6-8-10-16-22-20-14-12-18-24-20/h1-18H2,(H,21,23)(H,22,24). The monoisotopic (exact) mass is 334 g/mol. The molecule has 2 aliphatic heterocycles. The summed E-state index contributed by atoms with van der Waals surface area (Å²) in [6.07, 6.45) is 18.7. The van der Waals surface area contributed by atoms with Crippen molar-refractivity contribution in [2.75, 3.05) is 26.2 Å². The molecule has 4 nitrogen and oxygen atoms in total. The van der Waals surface area contributed by atoms with E-state index in [-0.39, 0.29) is 0 Å². The summed E-state index contributed by atoms with van der Waals surface area (Å²) in [6, 6.07) is 0. The topological polar surface area (TPSA) is 48.8 Å². The van der Waals surface area contributed by atoms with Gasteiger partial charge in [-0.15, -0.1) is 0 Å². The number of nitrogens with one attached hydrogen (secondary N) is 2. The van der Waals surface area contributed by atoms with Crippen LogP contribution in [0.2, 0.25) is 0 Å². The first-order chi connectivity index (χ1) is 11.9. The summed E-state index contributed by atoms with van der Waals surface area (Å²) in [5.41, 5.74) is 0. The molecular weight excluding hydrogens is 296 g/mol. The van der Waals surface area contributed by atoms with Crippen LogP contribution >= 0.6 is 0 Å². The molecule has 0 aromatic rings. The van der Waals surface area contributed by atoms with E-state index in [0.29, 0.717) is 0 Å². The van der Waals surface area contributed by atoms with E-state index < -0.39 is 0 Å². The van der Waals surface area contributed by atoms with E-state index in [1.54, 1.807) is 0 Å². The fourth-order valence-corrected chi connectivity index (χ4v) is 3.50. The van der Waals surface area contributed by atoms with Crippen molar-refractivity contribution in [3.05, 3.63) is 0 Å². The Balaban J connectivity index is 1.23. The highest BCUT2D eigenvalue weighted by Crippen LogP contribution is 2.10. The van der Waals surface area contributed by atoms with Crippen molar-refractivity contribution in [3.8, 4) is 0 Å². The second-order valence-electron chi connectivity index (χ2n) is 7.25. The Morgan fingerprint density at radius 1 is 0.542 bits per heavy atom. The molecule has 0 amide bonds. The molecule has 0 aliphatic carbocycles. The number of unbranched alkanes of at least 4 members (excludes halogenated alkanes) is 9. The van der Waals surface area contributed by atoms with Crippen LogP contribution in [0.3, 0.4) is 0 Å². The molecule has 0 saturated heterocycles. The maximum atomic E-state index is 4.45. The lowest BCUT2D eigenvalue weighted by molar-refractivity contribution is 0.548. The molecule has 0 aromatic heterocycles. The second-order valence-corrected chi connectivity index (χ2v) is 7.25. The summed E-state index contributed by atoms with van der Waals surface area (Å²) < 4.78 is 0. The third kappa shape index (κ3) is 9.29. The molecule has 0 saturated carbocycles. The Hall–Kier alpha value is -1.06. The Morgan fingerprint density at radius 2 is 0.917 bits per heavy atom. The van der Waals surface area contributed by atoms with Gasteiger partial charge in [-0.05, 0) is 25.7 Å². The number of amidine groups is 2. The van der Waals surface area contributed by atoms with Crippen molar-refractivity contribution in [1.82, 2.24) is 10.6 Å². The van der Waals surface area contributed by atoms with Crippen molar-refractivity contribution in [3.63, 3.8) is 0 Å². The summed E-state index contributed by atoms with van der Waals surface area (Å²) in [5.74, 6) is 2.50. The molecule has 0 bridgehead atoms. The van der Waals surface area contributed by atoms with Crippen LogP contribution in [0.1, 0.15) is 89.9 Å². The molecule has 0 unspecified atom stereocenters. The van der Waals surface area contributed by atoms with Gasteiger partial charge >= 0.3 is 0 Å². The predicted octanol–water partition coefficient (Wildman–Crippen LogP) is 4.45. The van der Waals surface area contributed by atoms with Gasteiger partial charge in [-0.1, -0.05) is 51.4 Å². The van der Waals surface area contributed by atoms with Gasteiger partial charge in [-0.25, -0.2) is 0 Å². The fourth-order valence-electron chi connectivity index (χ4n) is 3.50. The van der Waals surface area contributed by atoms with Gasteiger partial charge < -0.3 is 10.6 Å². The summed E-state index contributed by atoms with van der Waals surface area (Å²) in [5, 5.41) is 6.94. The minimum Gasteiger partial charge on any atom is -0.374 e. The van der Waals surface area contributed by atoms with Crippen molar-refractivity contribution >= 4 is 11.7 Å². The second kappa shape index (κ2) is 13.3. The van der Waals surface area contributed by atoms with Crippen LogP contribution in [0.4, 0.5) is 0 Å². The van der Waals surface area contributed by atoms with Crippen LogP contribution in [0, 0.1) is 0 Å². The van der Waals surface area contributed by atoms with E-state index in [2.05, 4.69) is 20.6 Å². The Kier molecular flexibility index (Phi) is 10.6. The predicted molar refractivity (Wildman–Crippen MR) is 105 cm³/mol. The lowest BCUT2D eigenvalue weighted by Crippen LogP contribution is -2.22. The quantitative estimate of drug-likeness (QED) is 0.489. The first kappa shape index (κ1) is 19.3. The van der Waals surface area contributed by atoms with Crippen molar-refractivity contribution in [2.24, 2.45) is 9.98 Å². The van der Waals surface area contributed by atoms with Crippen LogP contribution in [-0.4, -0.2) is 37.9 Å². The largest absolute Gasteiger partial charge is 0.374 e. The zero-order valence-electron chi connectivity index (χ0n) is 15.6. The first-order valence-corrected chi connectivity index (χ1v) is 10.5. The van der Waals surface area contributed by atoms with Crippen molar-refractivity contribution < 1.29 is 0 Å². The number of hydrogen-bond donors (Lipinski definition) is 2. The molecule has 2 aliphatic rings. The van der Waals surface area contributed by atoms with Gasteiger partial charge in [0.05, 0.1) is 11.7 Å². The molecule has 2 N–H and O–H groups in total. The molecule has 4 heteroatoms. The molecule has 2 heterocycles. The SMILES string of the molecule is C(CCCCCCNC1=NCCC1)CCCCCNC1=NCCC1. The van der Waals surface area contributed by atoms with Gasteiger partial charge in [0.1, 0.15) is 0 Å².